The first kappa shape index (κ1) is 38.3. The Morgan fingerprint density at radius 2 is 1.40 bits per heavy atom. The Labute approximate surface area is 303 Å². The summed E-state index contributed by atoms with van der Waals surface area (Å²) in [7, 11) is -7.60. The molecular formula is C38H50ClN3O6S2. The summed E-state index contributed by atoms with van der Waals surface area (Å²) in [6.45, 7) is 9.13. The number of hydrogen-bond acceptors (Lipinski definition) is 6. The van der Waals surface area contributed by atoms with Crippen LogP contribution in [0.25, 0.3) is 0 Å². The van der Waals surface area contributed by atoms with Crippen molar-refractivity contribution >= 4 is 43.3 Å². The highest BCUT2D eigenvalue weighted by molar-refractivity contribution is 7.89. The van der Waals surface area contributed by atoms with E-state index in [1.807, 2.05) is 18.2 Å². The Morgan fingerprint density at radius 1 is 0.840 bits per heavy atom. The molecule has 9 nitrogen and oxygen atoms in total. The lowest BCUT2D eigenvalue weighted by atomic mass is 9.87. The van der Waals surface area contributed by atoms with Crippen molar-refractivity contribution in [1.82, 2.24) is 9.03 Å². The van der Waals surface area contributed by atoms with E-state index in [9.17, 15) is 26.7 Å². The standard InChI is InChI=1S/C38H50ClN3O6S2/c1-38(2,3)31-12-14-32(15-13-31)50(47,48)42-24-20-29(21-25-42)11-7-10-28-18-22-41(23-19-28)36-17-16-33(27-34(36)39)49(45,46)40-35(37(43)44)26-30-8-5-4-6-9-30/h4-6,8-9,12-17,27-29,35,40H,7,10-11,18-26H2,1-3H3,(H,43,44). The molecule has 0 aliphatic carbocycles. The van der Waals surface area contributed by atoms with E-state index in [1.54, 1.807) is 46.8 Å². The second kappa shape index (κ2) is 16.2. The SMILES string of the molecule is CC(C)(C)c1ccc(S(=O)(=O)N2CCC(CCCC3CCN(c4ccc(S(=O)(=O)NC(Cc5ccccc5)C(=O)O)cc4Cl)CC3)CC2)cc1. The fraction of sp³-hybridized carbons (Fsp3) is 0.500. The van der Waals surface area contributed by atoms with Crippen LogP contribution in [-0.4, -0.2) is 64.4 Å². The molecule has 2 fully saturated rings. The average molecular weight is 744 g/mol. The van der Waals surface area contributed by atoms with E-state index in [1.165, 1.54) is 12.1 Å². The molecular weight excluding hydrogens is 694 g/mol. The van der Waals surface area contributed by atoms with Gasteiger partial charge in [-0.1, -0.05) is 94.1 Å². The zero-order valence-electron chi connectivity index (χ0n) is 29.2. The number of halogens is 1. The number of rotatable bonds is 13. The van der Waals surface area contributed by atoms with Crippen LogP contribution in [0.3, 0.4) is 0 Å². The Hall–Kier alpha value is -2.96. The van der Waals surface area contributed by atoms with Crippen molar-refractivity contribution in [2.75, 3.05) is 31.1 Å². The number of carboxylic acids is 1. The molecule has 1 unspecified atom stereocenters. The lowest BCUT2D eigenvalue weighted by molar-refractivity contribution is -0.138. The summed E-state index contributed by atoms with van der Waals surface area (Å²) in [6, 6.07) is 19.5. The molecule has 0 aromatic heterocycles. The number of piperidine rings is 2. The highest BCUT2D eigenvalue weighted by atomic mass is 35.5. The van der Waals surface area contributed by atoms with Gasteiger partial charge in [-0.2, -0.15) is 9.03 Å². The first-order valence-corrected chi connectivity index (χ1v) is 20.9. The summed E-state index contributed by atoms with van der Waals surface area (Å²) in [6.07, 6.45) is 7.20. The predicted octanol–water partition coefficient (Wildman–Crippen LogP) is 7.10. The van der Waals surface area contributed by atoms with Crippen LogP contribution in [-0.2, 0) is 36.7 Å². The Balaban J connectivity index is 1.05. The molecule has 1 atom stereocenters. The second-order valence-corrected chi connectivity index (χ2v) is 18.9. The summed E-state index contributed by atoms with van der Waals surface area (Å²) in [5, 5.41) is 9.99. The summed E-state index contributed by atoms with van der Waals surface area (Å²) >= 11 is 6.61. The summed E-state index contributed by atoms with van der Waals surface area (Å²) in [5.74, 6) is -0.113. The molecule has 0 amide bonds. The Bertz CT molecular complexity index is 1810. The molecule has 272 valence electrons. The third-order valence-corrected chi connectivity index (χ3v) is 13.9. The first-order valence-electron chi connectivity index (χ1n) is 17.6. The third-order valence-electron chi connectivity index (χ3n) is 10.2. The second-order valence-electron chi connectivity index (χ2n) is 14.8. The third kappa shape index (κ3) is 9.67. The molecule has 0 radical (unpaired) electrons. The van der Waals surface area contributed by atoms with Gasteiger partial charge in [-0.3, -0.25) is 4.79 Å². The zero-order valence-corrected chi connectivity index (χ0v) is 31.6. The minimum absolute atomic E-state index is 0.0211. The maximum Gasteiger partial charge on any atom is 0.322 e. The molecule has 50 heavy (non-hydrogen) atoms. The van der Waals surface area contributed by atoms with Gasteiger partial charge in [-0.15, -0.1) is 0 Å². The number of aliphatic carboxylic acids is 1. The predicted molar refractivity (Wildman–Crippen MR) is 199 cm³/mol. The largest absolute Gasteiger partial charge is 0.480 e. The van der Waals surface area contributed by atoms with Crippen LogP contribution < -0.4 is 9.62 Å². The molecule has 3 aromatic rings. The first-order chi connectivity index (χ1) is 23.6. The number of hydrogen-bond donors (Lipinski definition) is 2. The van der Waals surface area contributed by atoms with Gasteiger partial charge in [0, 0.05) is 26.2 Å². The summed E-state index contributed by atoms with van der Waals surface area (Å²) < 4.78 is 56.7. The van der Waals surface area contributed by atoms with Gasteiger partial charge in [0.25, 0.3) is 0 Å². The van der Waals surface area contributed by atoms with Crippen LogP contribution >= 0.6 is 11.6 Å². The Kier molecular flexibility index (Phi) is 12.4. The Morgan fingerprint density at radius 3 is 1.94 bits per heavy atom. The van der Waals surface area contributed by atoms with Gasteiger partial charge in [0.15, 0.2) is 0 Å². The zero-order chi connectivity index (χ0) is 36.1. The molecule has 5 rings (SSSR count). The van der Waals surface area contributed by atoms with Crippen LogP contribution in [0.2, 0.25) is 5.02 Å². The van der Waals surface area contributed by atoms with Crippen LogP contribution in [0.5, 0.6) is 0 Å². The van der Waals surface area contributed by atoms with Crippen LogP contribution in [0, 0.1) is 11.8 Å². The molecule has 0 saturated carbocycles. The molecule has 3 aromatic carbocycles. The van der Waals surface area contributed by atoms with Gasteiger partial charge in [-0.05, 0) is 90.8 Å². The van der Waals surface area contributed by atoms with Crippen LogP contribution in [0.15, 0.2) is 82.6 Å². The van der Waals surface area contributed by atoms with Crippen molar-refractivity contribution in [2.24, 2.45) is 11.8 Å². The van der Waals surface area contributed by atoms with E-state index in [-0.39, 0.29) is 16.7 Å². The smallest absolute Gasteiger partial charge is 0.322 e. The number of carboxylic acid groups (broad SMARTS) is 1. The minimum Gasteiger partial charge on any atom is -0.480 e. The van der Waals surface area contributed by atoms with Crippen molar-refractivity contribution in [3.8, 4) is 0 Å². The normalized spacial score (nSPS) is 17.9. The van der Waals surface area contributed by atoms with E-state index < -0.39 is 32.1 Å². The number of nitrogens with one attached hydrogen (secondary N) is 1. The molecule has 0 spiro atoms. The molecule has 2 aliphatic rings. The van der Waals surface area contributed by atoms with Crippen molar-refractivity contribution in [3.05, 3.63) is 88.9 Å². The van der Waals surface area contributed by atoms with E-state index >= 15 is 0 Å². The van der Waals surface area contributed by atoms with Gasteiger partial charge >= 0.3 is 5.97 Å². The van der Waals surface area contributed by atoms with Gasteiger partial charge < -0.3 is 10.0 Å². The number of benzene rings is 3. The lowest BCUT2D eigenvalue weighted by Gasteiger charge is -2.35. The number of sulfonamides is 2. The number of anilines is 1. The van der Waals surface area contributed by atoms with Gasteiger partial charge in [-0.25, -0.2) is 16.8 Å². The maximum absolute atomic E-state index is 13.3. The lowest BCUT2D eigenvalue weighted by Crippen LogP contribution is -2.42. The van der Waals surface area contributed by atoms with Crippen LogP contribution in [0.1, 0.15) is 76.8 Å². The highest BCUT2D eigenvalue weighted by Crippen LogP contribution is 2.34. The fourth-order valence-corrected chi connectivity index (χ4v) is 10.1. The topological polar surface area (TPSA) is 124 Å². The quantitative estimate of drug-likeness (QED) is 0.192. The summed E-state index contributed by atoms with van der Waals surface area (Å²) in [5.41, 5.74) is 2.58. The average Bonchev–Trinajstić information content (AvgIpc) is 3.08. The van der Waals surface area contributed by atoms with E-state index in [0.29, 0.717) is 40.4 Å². The molecule has 12 heteroatoms. The maximum atomic E-state index is 13.3. The van der Waals surface area contributed by atoms with Crippen molar-refractivity contribution in [3.63, 3.8) is 0 Å². The molecule has 2 aliphatic heterocycles. The number of nitrogens with zero attached hydrogens (tertiary/aromatic N) is 2. The van der Waals surface area contributed by atoms with Gasteiger partial charge in [0.2, 0.25) is 20.0 Å². The van der Waals surface area contributed by atoms with E-state index in [0.717, 1.165) is 69.3 Å². The minimum atomic E-state index is -4.12. The fourth-order valence-electron chi connectivity index (χ4n) is 7.07. The molecule has 0 bridgehead atoms. The molecule has 2 heterocycles. The van der Waals surface area contributed by atoms with E-state index in [4.69, 9.17) is 11.6 Å². The molecule has 2 saturated heterocycles. The van der Waals surface area contributed by atoms with Gasteiger partial charge in [0.1, 0.15) is 6.04 Å². The highest BCUT2D eigenvalue weighted by Gasteiger charge is 2.31. The molecule has 2 N–H and O–H groups in total. The monoisotopic (exact) mass is 743 g/mol. The van der Waals surface area contributed by atoms with Crippen molar-refractivity contribution in [2.45, 2.75) is 93.4 Å². The van der Waals surface area contributed by atoms with Crippen molar-refractivity contribution in [1.29, 1.82) is 0 Å². The number of carbonyl (C=O) groups is 1. The van der Waals surface area contributed by atoms with E-state index in [2.05, 4.69) is 30.4 Å². The van der Waals surface area contributed by atoms with Gasteiger partial charge in [0.05, 0.1) is 20.5 Å². The summed E-state index contributed by atoms with van der Waals surface area (Å²) in [4.78, 5) is 14.3. The van der Waals surface area contributed by atoms with Crippen LogP contribution in [0.4, 0.5) is 5.69 Å². The van der Waals surface area contributed by atoms with Crippen molar-refractivity contribution < 1.29 is 26.7 Å².